The smallest absolute Gasteiger partial charge is 0.272 e. The standard InChI is InChI=1S/C18H27N7O/c1-3-6-23-7-4-14(5-8-23)17-21-20-16-12-24(9-10-25(16)17)18(26)15-11-19-13-22(15)2/h11,13-14H,3-10,12H2,1-2H3. The number of hydrogen-bond donors (Lipinski definition) is 0. The Hall–Kier alpha value is -2.22. The van der Waals surface area contributed by atoms with Gasteiger partial charge in [-0.25, -0.2) is 4.98 Å². The van der Waals surface area contributed by atoms with Gasteiger partial charge >= 0.3 is 0 Å². The lowest BCUT2D eigenvalue weighted by molar-refractivity contribution is 0.0695. The number of imidazole rings is 1. The van der Waals surface area contributed by atoms with Crippen LogP contribution in [0.1, 0.15) is 54.2 Å². The van der Waals surface area contributed by atoms with Crippen LogP contribution < -0.4 is 0 Å². The van der Waals surface area contributed by atoms with E-state index in [9.17, 15) is 4.79 Å². The lowest BCUT2D eigenvalue weighted by atomic mass is 9.95. The summed E-state index contributed by atoms with van der Waals surface area (Å²) >= 11 is 0. The lowest BCUT2D eigenvalue weighted by Gasteiger charge is -2.33. The molecule has 0 bridgehead atoms. The number of rotatable bonds is 4. The van der Waals surface area contributed by atoms with Crippen LogP contribution >= 0.6 is 0 Å². The maximum absolute atomic E-state index is 12.7. The molecule has 140 valence electrons. The van der Waals surface area contributed by atoms with Crippen molar-refractivity contribution >= 4 is 5.91 Å². The largest absolute Gasteiger partial charge is 0.330 e. The molecule has 4 rings (SSSR count). The van der Waals surface area contributed by atoms with Crippen LogP contribution in [-0.2, 0) is 20.1 Å². The Morgan fingerprint density at radius 3 is 2.69 bits per heavy atom. The fraction of sp³-hybridized carbons (Fsp3) is 0.667. The van der Waals surface area contributed by atoms with Gasteiger partial charge < -0.3 is 18.9 Å². The van der Waals surface area contributed by atoms with E-state index in [1.807, 2.05) is 11.9 Å². The number of hydrogen-bond acceptors (Lipinski definition) is 5. The molecule has 1 amide bonds. The van der Waals surface area contributed by atoms with Crippen LogP contribution in [0.25, 0.3) is 0 Å². The molecule has 2 aliphatic rings. The second-order valence-corrected chi connectivity index (χ2v) is 7.36. The van der Waals surface area contributed by atoms with Gasteiger partial charge in [0.2, 0.25) is 0 Å². The quantitative estimate of drug-likeness (QED) is 0.824. The van der Waals surface area contributed by atoms with Crippen LogP contribution in [0.5, 0.6) is 0 Å². The molecule has 0 atom stereocenters. The van der Waals surface area contributed by atoms with Crippen LogP contribution in [0, 0.1) is 0 Å². The zero-order chi connectivity index (χ0) is 18.1. The minimum Gasteiger partial charge on any atom is -0.330 e. The predicted octanol–water partition coefficient (Wildman–Crippen LogP) is 1.26. The lowest BCUT2D eigenvalue weighted by Crippen LogP contribution is -2.40. The van der Waals surface area contributed by atoms with Gasteiger partial charge in [-0.1, -0.05) is 6.92 Å². The number of carbonyl (C=O) groups excluding carboxylic acids is 1. The Morgan fingerprint density at radius 1 is 1.19 bits per heavy atom. The van der Waals surface area contributed by atoms with Gasteiger partial charge in [0.05, 0.1) is 19.1 Å². The number of likely N-dealkylation sites (tertiary alicyclic amines) is 1. The summed E-state index contributed by atoms with van der Waals surface area (Å²) in [5.74, 6) is 2.51. The summed E-state index contributed by atoms with van der Waals surface area (Å²) in [5.41, 5.74) is 0.612. The fourth-order valence-electron chi connectivity index (χ4n) is 4.11. The highest BCUT2D eigenvalue weighted by molar-refractivity contribution is 5.92. The molecule has 0 saturated carbocycles. The molecular weight excluding hydrogens is 330 g/mol. The van der Waals surface area contributed by atoms with Crippen molar-refractivity contribution in [2.24, 2.45) is 7.05 Å². The average molecular weight is 357 g/mol. The highest BCUT2D eigenvalue weighted by atomic mass is 16.2. The molecule has 8 heteroatoms. The summed E-state index contributed by atoms with van der Waals surface area (Å²) < 4.78 is 4.00. The maximum Gasteiger partial charge on any atom is 0.272 e. The van der Waals surface area contributed by atoms with Gasteiger partial charge in [0, 0.05) is 26.1 Å². The van der Waals surface area contributed by atoms with Gasteiger partial charge in [0.15, 0.2) is 5.82 Å². The van der Waals surface area contributed by atoms with E-state index in [2.05, 4.69) is 31.6 Å². The Labute approximate surface area is 153 Å². The molecular formula is C18H27N7O. The summed E-state index contributed by atoms with van der Waals surface area (Å²) in [5, 5.41) is 8.91. The molecule has 2 aliphatic heterocycles. The third-order valence-electron chi connectivity index (χ3n) is 5.60. The number of fused-ring (bicyclic) bond motifs is 1. The highest BCUT2D eigenvalue weighted by Crippen LogP contribution is 2.28. The van der Waals surface area contributed by atoms with Crippen LogP contribution in [0.3, 0.4) is 0 Å². The van der Waals surface area contributed by atoms with Crippen molar-refractivity contribution in [1.29, 1.82) is 0 Å². The molecule has 0 N–H and O–H groups in total. The van der Waals surface area contributed by atoms with E-state index in [1.54, 1.807) is 17.1 Å². The minimum absolute atomic E-state index is 0.00803. The minimum atomic E-state index is 0.00803. The van der Waals surface area contributed by atoms with Crippen LogP contribution in [-0.4, -0.2) is 66.2 Å². The molecule has 4 heterocycles. The number of piperidine rings is 1. The van der Waals surface area contributed by atoms with E-state index >= 15 is 0 Å². The van der Waals surface area contributed by atoms with Gasteiger partial charge in [-0.2, -0.15) is 0 Å². The molecule has 8 nitrogen and oxygen atoms in total. The number of amides is 1. The van der Waals surface area contributed by atoms with Crippen molar-refractivity contribution in [1.82, 2.24) is 34.1 Å². The first-order valence-electron chi connectivity index (χ1n) is 9.57. The topological polar surface area (TPSA) is 72.1 Å². The van der Waals surface area contributed by atoms with E-state index in [1.165, 1.54) is 13.0 Å². The molecule has 0 aliphatic carbocycles. The third kappa shape index (κ3) is 3.13. The Kier molecular flexibility index (Phi) is 4.76. The number of nitrogens with zero attached hydrogens (tertiary/aromatic N) is 7. The maximum atomic E-state index is 12.7. The Balaban J connectivity index is 1.44. The zero-order valence-electron chi connectivity index (χ0n) is 15.6. The second kappa shape index (κ2) is 7.19. The van der Waals surface area contributed by atoms with Gasteiger partial charge in [-0.3, -0.25) is 4.79 Å². The molecule has 0 spiro atoms. The van der Waals surface area contributed by atoms with E-state index in [0.717, 1.165) is 44.1 Å². The molecule has 1 saturated heterocycles. The van der Waals surface area contributed by atoms with Crippen LogP contribution in [0.2, 0.25) is 0 Å². The molecule has 2 aromatic heterocycles. The van der Waals surface area contributed by atoms with Crippen molar-refractivity contribution < 1.29 is 4.79 Å². The van der Waals surface area contributed by atoms with Crippen molar-refractivity contribution in [2.75, 3.05) is 26.2 Å². The normalized spacial score (nSPS) is 18.9. The van der Waals surface area contributed by atoms with Crippen LogP contribution in [0.15, 0.2) is 12.5 Å². The summed E-state index contributed by atoms with van der Waals surface area (Å²) in [6, 6.07) is 0. The summed E-state index contributed by atoms with van der Waals surface area (Å²) in [6.45, 7) is 7.70. The summed E-state index contributed by atoms with van der Waals surface area (Å²) in [4.78, 5) is 21.1. The van der Waals surface area contributed by atoms with Gasteiger partial charge in [-0.05, 0) is 38.9 Å². The van der Waals surface area contributed by atoms with Gasteiger partial charge in [-0.15, -0.1) is 10.2 Å². The van der Waals surface area contributed by atoms with E-state index in [0.29, 0.717) is 24.7 Å². The predicted molar refractivity (Wildman–Crippen MR) is 96.7 cm³/mol. The van der Waals surface area contributed by atoms with Crippen molar-refractivity contribution in [3.63, 3.8) is 0 Å². The van der Waals surface area contributed by atoms with Crippen molar-refractivity contribution in [2.45, 2.75) is 45.2 Å². The third-order valence-corrected chi connectivity index (χ3v) is 5.60. The van der Waals surface area contributed by atoms with E-state index in [-0.39, 0.29) is 5.91 Å². The Morgan fingerprint density at radius 2 is 2.00 bits per heavy atom. The first-order valence-corrected chi connectivity index (χ1v) is 9.57. The second-order valence-electron chi connectivity index (χ2n) is 7.36. The molecule has 0 radical (unpaired) electrons. The fourth-order valence-corrected chi connectivity index (χ4v) is 4.11. The molecule has 26 heavy (non-hydrogen) atoms. The zero-order valence-corrected chi connectivity index (χ0v) is 15.6. The van der Waals surface area contributed by atoms with Crippen molar-refractivity contribution in [3.05, 3.63) is 29.9 Å². The number of aromatic nitrogens is 5. The molecule has 2 aromatic rings. The van der Waals surface area contributed by atoms with E-state index in [4.69, 9.17) is 0 Å². The number of aryl methyl sites for hydroxylation is 1. The first-order chi connectivity index (χ1) is 12.7. The summed E-state index contributed by atoms with van der Waals surface area (Å²) in [6.07, 6.45) is 6.79. The number of carbonyl (C=O) groups is 1. The van der Waals surface area contributed by atoms with Gasteiger partial charge in [0.25, 0.3) is 5.91 Å². The molecule has 0 unspecified atom stereocenters. The average Bonchev–Trinajstić information content (AvgIpc) is 3.27. The van der Waals surface area contributed by atoms with Crippen molar-refractivity contribution in [3.8, 4) is 0 Å². The monoisotopic (exact) mass is 357 g/mol. The van der Waals surface area contributed by atoms with E-state index < -0.39 is 0 Å². The first kappa shape index (κ1) is 17.2. The molecule has 0 aromatic carbocycles. The highest BCUT2D eigenvalue weighted by Gasteiger charge is 2.30. The molecule has 1 fully saturated rings. The SMILES string of the molecule is CCCN1CCC(c2nnc3n2CCN(C(=O)c2cncn2C)C3)CC1. The Bertz CT molecular complexity index is 772. The summed E-state index contributed by atoms with van der Waals surface area (Å²) in [7, 11) is 1.84. The van der Waals surface area contributed by atoms with Crippen LogP contribution in [0.4, 0.5) is 0 Å². The van der Waals surface area contributed by atoms with Gasteiger partial charge in [0.1, 0.15) is 11.5 Å².